The first-order valence-electron chi connectivity index (χ1n) is 12.5. The lowest BCUT2D eigenvalue weighted by atomic mass is 9.74. The molecule has 2 N–H and O–H groups in total. The quantitative estimate of drug-likeness (QED) is 0.555. The number of rotatable bonds is 6. The number of halogens is 1. The van der Waals surface area contributed by atoms with Gasteiger partial charge in [-0.05, 0) is 42.5 Å². The molecule has 3 fully saturated rings. The third-order valence-electron chi connectivity index (χ3n) is 7.88. The minimum atomic E-state index is -1.16. The fourth-order valence-electron chi connectivity index (χ4n) is 6.33. The van der Waals surface area contributed by atoms with E-state index in [1.54, 1.807) is 40.5 Å². The average molecular weight is 526 g/mol. The first-order valence-corrected chi connectivity index (χ1v) is 13.8. The Hall–Kier alpha value is -2.68. The van der Waals surface area contributed by atoms with Crippen molar-refractivity contribution in [1.29, 1.82) is 0 Å². The van der Waals surface area contributed by atoms with E-state index < -0.39 is 29.6 Å². The number of hydrogen-bond acceptors (Lipinski definition) is 5. The largest absolute Gasteiger partial charge is 0.359 e. The van der Waals surface area contributed by atoms with Crippen molar-refractivity contribution in [2.45, 2.75) is 62.4 Å². The first-order chi connectivity index (χ1) is 17.5. The van der Waals surface area contributed by atoms with Gasteiger partial charge in [-0.3, -0.25) is 14.4 Å². The van der Waals surface area contributed by atoms with E-state index in [2.05, 4.69) is 10.6 Å². The van der Waals surface area contributed by atoms with E-state index in [-0.39, 0.29) is 23.8 Å². The lowest BCUT2D eigenvalue weighted by molar-refractivity contribution is -0.142. The number of ether oxygens (including phenoxy) is 1. The van der Waals surface area contributed by atoms with Crippen LogP contribution in [0.3, 0.4) is 0 Å². The van der Waals surface area contributed by atoms with Gasteiger partial charge in [-0.25, -0.2) is 0 Å². The van der Waals surface area contributed by atoms with Crippen LogP contribution in [0.2, 0.25) is 5.02 Å². The highest BCUT2D eigenvalue weighted by molar-refractivity contribution is 7.09. The Kier molecular flexibility index (Phi) is 6.14. The highest BCUT2D eigenvalue weighted by atomic mass is 35.5. The standard InChI is InChI=1S/C27H28ClN3O4S/c28-16-6-4-9-18(14-16)30-24(32)21-20-11-12-27(35-20)22(21)26(34)31(15-19-10-5-13-36-19)23(27)25(33)29-17-7-2-1-3-8-17/h4-6,9-14,17,20-23H,1-3,7-8,15H2,(H,29,33)(H,30,32)/t20-,21-,22-,23-,27-/m1/s1. The third kappa shape index (κ3) is 3.96. The summed E-state index contributed by atoms with van der Waals surface area (Å²) in [5.41, 5.74) is -0.602. The first kappa shape index (κ1) is 23.7. The summed E-state index contributed by atoms with van der Waals surface area (Å²) in [6.07, 6.45) is 8.37. The molecule has 1 spiro atoms. The molecule has 1 aliphatic carbocycles. The zero-order chi connectivity index (χ0) is 24.9. The Bertz CT molecular complexity index is 1210. The molecule has 4 heterocycles. The van der Waals surface area contributed by atoms with Crippen molar-refractivity contribution >= 4 is 46.3 Å². The molecule has 7 nitrogen and oxygen atoms in total. The number of carbonyl (C=O) groups excluding carboxylic acids is 3. The van der Waals surface area contributed by atoms with Crippen molar-refractivity contribution in [2.24, 2.45) is 11.8 Å². The topological polar surface area (TPSA) is 87.7 Å². The van der Waals surface area contributed by atoms with Gasteiger partial charge in [0, 0.05) is 21.6 Å². The van der Waals surface area contributed by atoms with Crippen molar-refractivity contribution in [1.82, 2.24) is 10.2 Å². The van der Waals surface area contributed by atoms with Gasteiger partial charge in [0.2, 0.25) is 17.7 Å². The van der Waals surface area contributed by atoms with Crippen LogP contribution in [0.4, 0.5) is 5.69 Å². The van der Waals surface area contributed by atoms with E-state index in [1.807, 2.05) is 29.7 Å². The van der Waals surface area contributed by atoms with Crippen LogP contribution in [0.1, 0.15) is 37.0 Å². The summed E-state index contributed by atoms with van der Waals surface area (Å²) in [6, 6.07) is 10.1. The minimum Gasteiger partial charge on any atom is -0.359 e. The summed E-state index contributed by atoms with van der Waals surface area (Å²) in [4.78, 5) is 43.8. The van der Waals surface area contributed by atoms with Crippen LogP contribution in [0.25, 0.3) is 0 Å². The van der Waals surface area contributed by atoms with E-state index in [0.717, 1.165) is 30.6 Å². The van der Waals surface area contributed by atoms with Gasteiger partial charge in [0.05, 0.1) is 24.5 Å². The summed E-state index contributed by atoms with van der Waals surface area (Å²) in [7, 11) is 0. The monoisotopic (exact) mass is 525 g/mol. The second kappa shape index (κ2) is 9.32. The molecule has 4 aliphatic rings. The Balaban J connectivity index is 1.32. The van der Waals surface area contributed by atoms with Crippen LogP contribution in [-0.4, -0.2) is 46.4 Å². The number of amides is 3. The number of anilines is 1. The van der Waals surface area contributed by atoms with Gasteiger partial charge in [-0.15, -0.1) is 11.3 Å². The summed E-state index contributed by atoms with van der Waals surface area (Å²) >= 11 is 7.63. The Morgan fingerprint density at radius 2 is 1.97 bits per heavy atom. The lowest BCUT2D eigenvalue weighted by Crippen LogP contribution is -2.56. The number of carbonyl (C=O) groups is 3. The van der Waals surface area contributed by atoms with Crippen LogP contribution in [-0.2, 0) is 25.7 Å². The molecule has 2 saturated heterocycles. The van der Waals surface area contributed by atoms with Gasteiger partial charge >= 0.3 is 0 Å². The molecule has 3 amide bonds. The molecule has 1 saturated carbocycles. The molecule has 1 aromatic heterocycles. The summed E-state index contributed by atoms with van der Waals surface area (Å²) < 4.78 is 6.40. The fourth-order valence-corrected chi connectivity index (χ4v) is 7.22. The molecule has 3 aliphatic heterocycles. The van der Waals surface area contributed by atoms with Crippen molar-refractivity contribution in [3.8, 4) is 0 Å². The number of benzene rings is 1. The van der Waals surface area contributed by atoms with Gasteiger partial charge in [0.15, 0.2) is 0 Å². The van der Waals surface area contributed by atoms with Crippen molar-refractivity contribution in [3.63, 3.8) is 0 Å². The van der Waals surface area contributed by atoms with Crippen LogP contribution in [0.15, 0.2) is 53.9 Å². The maximum atomic E-state index is 14.0. The van der Waals surface area contributed by atoms with Gasteiger partial charge in [-0.1, -0.05) is 55.1 Å². The Morgan fingerprint density at radius 3 is 2.72 bits per heavy atom. The van der Waals surface area contributed by atoms with Gasteiger partial charge < -0.3 is 20.3 Å². The third-order valence-corrected chi connectivity index (χ3v) is 8.97. The van der Waals surface area contributed by atoms with E-state index in [9.17, 15) is 14.4 Å². The second-order valence-electron chi connectivity index (χ2n) is 10.1. The predicted molar refractivity (Wildman–Crippen MR) is 137 cm³/mol. The number of nitrogens with one attached hydrogen (secondary N) is 2. The van der Waals surface area contributed by atoms with Crippen molar-refractivity contribution in [3.05, 3.63) is 63.8 Å². The highest BCUT2D eigenvalue weighted by Crippen LogP contribution is 2.55. The van der Waals surface area contributed by atoms with Crippen molar-refractivity contribution in [2.75, 3.05) is 5.32 Å². The molecule has 1 aromatic carbocycles. The van der Waals surface area contributed by atoms with Crippen molar-refractivity contribution < 1.29 is 19.1 Å². The smallest absolute Gasteiger partial charge is 0.246 e. The molecule has 2 bridgehead atoms. The molecule has 0 radical (unpaired) electrons. The molecule has 188 valence electrons. The van der Waals surface area contributed by atoms with Gasteiger partial charge in [0.25, 0.3) is 0 Å². The molecule has 5 atom stereocenters. The number of fused-ring (bicyclic) bond motifs is 1. The summed E-state index contributed by atoms with van der Waals surface area (Å²) in [5.74, 6) is -2.23. The summed E-state index contributed by atoms with van der Waals surface area (Å²) in [5, 5.41) is 8.58. The average Bonchev–Trinajstić information content (AvgIpc) is 3.63. The van der Waals surface area contributed by atoms with Crippen LogP contribution in [0, 0.1) is 11.8 Å². The predicted octanol–water partition coefficient (Wildman–Crippen LogP) is 4.14. The van der Waals surface area contributed by atoms with E-state index in [4.69, 9.17) is 16.3 Å². The van der Waals surface area contributed by atoms with Crippen LogP contribution in [0.5, 0.6) is 0 Å². The molecule has 2 aromatic rings. The maximum absolute atomic E-state index is 14.0. The number of nitrogens with zero attached hydrogens (tertiary/aromatic N) is 1. The molecule has 36 heavy (non-hydrogen) atoms. The van der Waals surface area contributed by atoms with E-state index >= 15 is 0 Å². The zero-order valence-electron chi connectivity index (χ0n) is 19.7. The number of likely N-dealkylation sites (tertiary alicyclic amines) is 1. The SMILES string of the molecule is O=C(Nc1cccc(Cl)c1)[C@@H]1[C@H]2C=C[C@@]3(O2)[C@H]1C(=O)N(Cc1cccs1)[C@@H]3C(=O)NC1CCCCC1. The highest BCUT2D eigenvalue weighted by Gasteiger charge is 2.72. The number of hydrogen-bond donors (Lipinski definition) is 2. The molecule has 6 rings (SSSR count). The second-order valence-corrected chi connectivity index (χ2v) is 11.6. The van der Waals surface area contributed by atoms with Crippen LogP contribution < -0.4 is 10.6 Å². The summed E-state index contributed by atoms with van der Waals surface area (Å²) in [6.45, 7) is 0.308. The normalized spacial score (nSPS) is 31.0. The molecular formula is C27H28ClN3O4S. The number of thiophene rings is 1. The molecular weight excluding hydrogens is 498 g/mol. The zero-order valence-corrected chi connectivity index (χ0v) is 21.3. The molecule has 9 heteroatoms. The van der Waals surface area contributed by atoms with E-state index in [1.165, 1.54) is 6.42 Å². The molecule has 0 unspecified atom stereocenters. The lowest BCUT2D eigenvalue weighted by Gasteiger charge is -2.34. The van der Waals surface area contributed by atoms with E-state index in [0.29, 0.717) is 17.3 Å². The minimum absolute atomic E-state index is 0.102. The Morgan fingerprint density at radius 1 is 1.14 bits per heavy atom. The fraction of sp³-hybridized carbons (Fsp3) is 0.444. The van der Waals surface area contributed by atoms with Gasteiger partial charge in [-0.2, -0.15) is 0 Å². The van der Waals surface area contributed by atoms with Gasteiger partial charge in [0.1, 0.15) is 11.6 Å². The Labute approximate surface area is 218 Å². The van der Waals surface area contributed by atoms with Crippen LogP contribution >= 0.6 is 22.9 Å². The maximum Gasteiger partial charge on any atom is 0.246 e.